The first-order valence-corrected chi connectivity index (χ1v) is 9.21. The van der Waals surface area contributed by atoms with E-state index in [1.54, 1.807) is 24.7 Å². The van der Waals surface area contributed by atoms with E-state index in [0.717, 1.165) is 32.9 Å². The lowest BCUT2D eigenvalue weighted by Gasteiger charge is -2.12. The van der Waals surface area contributed by atoms with Gasteiger partial charge in [0.1, 0.15) is 22.8 Å². The molecular weight excluding hydrogens is 363 g/mol. The summed E-state index contributed by atoms with van der Waals surface area (Å²) in [6.07, 6.45) is 3.28. The third-order valence-electron chi connectivity index (χ3n) is 4.06. The molecule has 0 aliphatic heterocycles. The summed E-state index contributed by atoms with van der Waals surface area (Å²) < 4.78 is 13.3. The Morgan fingerprint density at radius 3 is 2.67 bits per heavy atom. The maximum Gasteiger partial charge on any atom is 0.225 e. The van der Waals surface area contributed by atoms with E-state index in [-0.39, 0.29) is 5.82 Å². The zero-order chi connectivity index (χ0) is 18.8. The van der Waals surface area contributed by atoms with Gasteiger partial charge in [-0.3, -0.25) is 0 Å². The van der Waals surface area contributed by atoms with Crippen LogP contribution in [0.2, 0.25) is 0 Å². The number of thiophene rings is 1. The molecule has 8 heteroatoms. The molecule has 0 atom stereocenters. The Labute approximate surface area is 159 Å². The Balaban J connectivity index is 1.67. The van der Waals surface area contributed by atoms with Crippen molar-refractivity contribution in [3.63, 3.8) is 0 Å². The maximum absolute atomic E-state index is 13.3. The molecule has 0 amide bonds. The molecule has 0 bridgehead atoms. The van der Waals surface area contributed by atoms with Crippen molar-refractivity contribution < 1.29 is 4.39 Å². The van der Waals surface area contributed by atoms with Crippen LogP contribution < -0.4 is 10.2 Å². The number of hydrogen-bond acceptors (Lipinski definition) is 7. The molecule has 0 saturated carbocycles. The van der Waals surface area contributed by atoms with Gasteiger partial charge in [-0.05, 0) is 23.8 Å². The van der Waals surface area contributed by atoms with Gasteiger partial charge in [-0.25, -0.2) is 24.3 Å². The van der Waals surface area contributed by atoms with Crippen molar-refractivity contribution in [2.75, 3.05) is 24.3 Å². The van der Waals surface area contributed by atoms with Crippen LogP contribution in [-0.2, 0) is 6.54 Å². The van der Waals surface area contributed by atoms with Crippen molar-refractivity contribution >= 4 is 33.3 Å². The van der Waals surface area contributed by atoms with Crippen molar-refractivity contribution in [1.82, 2.24) is 19.9 Å². The van der Waals surface area contributed by atoms with Gasteiger partial charge in [0.15, 0.2) is 0 Å². The monoisotopic (exact) mass is 380 g/mol. The third-order valence-corrected chi connectivity index (χ3v) is 4.95. The molecule has 1 N–H and O–H groups in total. The topological polar surface area (TPSA) is 66.8 Å². The summed E-state index contributed by atoms with van der Waals surface area (Å²) in [7, 11) is 3.81. The molecule has 1 aromatic carbocycles. The number of halogens is 1. The summed E-state index contributed by atoms with van der Waals surface area (Å²) in [6, 6.07) is 8.31. The van der Waals surface area contributed by atoms with Gasteiger partial charge < -0.3 is 10.2 Å². The molecule has 0 radical (unpaired) electrons. The van der Waals surface area contributed by atoms with Gasteiger partial charge in [0, 0.05) is 31.2 Å². The summed E-state index contributed by atoms with van der Waals surface area (Å²) >= 11 is 1.54. The van der Waals surface area contributed by atoms with Gasteiger partial charge in [-0.1, -0.05) is 12.1 Å². The van der Waals surface area contributed by atoms with E-state index in [1.807, 2.05) is 30.4 Å². The van der Waals surface area contributed by atoms with Crippen LogP contribution in [0.15, 0.2) is 48.2 Å². The highest BCUT2D eigenvalue weighted by atomic mass is 32.1. The van der Waals surface area contributed by atoms with Crippen LogP contribution in [0, 0.1) is 5.82 Å². The average molecular weight is 380 g/mol. The van der Waals surface area contributed by atoms with Crippen LogP contribution >= 0.6 is 11.3 Å². The first-order chi connectivity index (χ1) is 13.1. The van der Waals surface area contributed by atoms with E-state index in [4.69, 9.17) is 0 Å². The lowest BCUT2D eigenvalue weighted by Crippen LogP contribution is -2.14. The predicted molar refractivity (Wildman–Crippen MR) is 106 cm³/mol. The Morgan fingerprint density at radius 2 is 1.89 bits per heavy atom. The summed E-state index contributed by atoms with van der Waals surface area (Å²) in [5.74, 6) is 1.13. The number of nitrogens with one attached hydrogen (secondary N) is 1. The van der Waals surface area contributed by atoms with E-state index in [9.17, 15) is 4.39 Å². The molecule has 0 unspecified atom stereocenters. The normalized spacial score (nSPS) is 10.9. The van der Waals surface area contributed by atoms with Crippen LogP contribution in [-0.4, -0.2) is 34.0 Å². The number of aromatic nitrogens is 4. The highest BCUT2D eigenvalue weighted by Crippen LogP contribution is 2.36. The molecule has 6 nitrogen and oxygen atoms in total. The summed E-state index contributed by atoms with van der Waals surface area (Å²) in [5, 5.41) is 6.30. The van der Waals surface area contributed by atoms with Crippen molar-refractivity contribution in [2.24, 2.45) is 0 Å². The van der Waals surface area contributed by atoms with Crippen molar-refractivity contribution in [1.29, 1.82) is 0 Å². The van der Waals surface area contributed by atoms with Crippen LogP contribution in [0.5, 0.6) is 0 Å². The molecular formula is C19H17FN6S. The minimum atomic E-state index is -0.256. The fourth-order valence-electron chi connectivity index (χ4n) is 2.72. The smallest absolute Gasteiger partial charge is 0.225 e. The first kappa shape index (κ1) is 17.3. The van der Waals surface area contributed by atoms with Gasteiger partial charge >= 0.3 is 0 Å². The van der Waals surface area contributed by atoms with Gasteiger partial charge in [0.05, 0.1) is 17.6 Å². The van der Waals surface area contributed by atoms with Crippen LogP contribution in [0.4, 0.5) is 16.2 Å². The summed E-state index contributed by atoms with van der Waals surface area (Å²) in [4.78, 5) is 20.3. The highest BCUT2D eigenvalue weighted by Gasteiger charge is 2.13. The predicted octanol–water partition coefficient (Wildman–Crippen LogP) is 3.97. The molecule has 3 heterocycles. The lowest BCUT2D eigenvalue weighted by atomic mass is 10.1. The third kappa shape index (κ3) is 3.56. The Morgan fingerprint density at radius 1 is 1.07 bits per heavy atom. The van der Waals surface area contributed by atoms with Crippen molar-refractivity contribution in [3.8, 4) is 11.1 Å². The molecule has 4 aromatic rings. The lowest BCUT2D eigenvalue weighted by molar-refractivity contribution is 0.628. The second-order valence-electron chi connectivity index (χ2n) is 6.15. The van der Waals surface area contributed by atoms with E-state index < -0.39 is 0 Å². The van der Waals surface area contributed by atoms with E-state index in [2.05, 4.69) is 25.3 Å². The molecule has 3 aromatic heterocycles. The molecule has 27 heavy (non-hydrogen) atoms. The van der Waals surface area contributed by atoms with E-state index in [0.29, 0.717) is 12.5 Å². The average Bonchev–Trinajstić information content (AvgIpc) is 3.12. The number of benzene rings is 1. The highest BCUT2D eigenvalue weighted by molar-refractivity contribution is 7.17. The molecule has 136 valence electrons. The minimum Gasteiger partial charge on any atom is -0.364 e. The van der Waals surface area contributed by atoms with Crippen LogP contribution in [0.3, 0.4) is 0 Å². The maximum atomic E-state index is 13.3. The fraction of sp³-hybridized carbons (Fsp3) is 0.158. The van der Waals surface area contributed by atoms with E-state index in [1.165, 1.54) is 23.5 Å². The molecule has 0 saturated heterocycles. The number of nitrogens with zero attached hydrogens (tertiary/aromatic N) is 5. The molecule has 4 rings (SSSR count). The molecule has 0 aliphatic carbocycles. The van der Waals surface area contributed by atoms with Gasteiger partial charge in [-0.15, -0.1) is 11.3 Å². The zero-order valence-corrected chi connectivity index (χ0v) is 15.7. The quantitative estimate of drug-likeness (QED) is 0.565. The van der Waals surface area contributed by atoms with Crippen LogP contribution in [0.25, 0.3) is 21.3 Å². The molecule has 0 aliphatic rings. The Kier molecular flexibility index (Phi) is 4.64. The molecule has 0 spiro atoms. The van der Waals surface area contributed by atoms with Gasteiger partial charge in [0.2, 0.25) is 5.95 Å². The number of rotatable bonds is 5. The number of fused-ring (bicyclic) bond motifs is 1. The standard InChI is InChI=1S/C19H17FN6S/c1-26(2)19-21-8-7-14(25-19)9-22-17-16-15(10-27-18(16)24-11-23-17)12-3-5-13(20)6-4-12/h3-8,10-11H,9H2,1-2H3,(H,22,23,24). The summed E-state index contributed by atoms with van der Waals surface area (Å²) in [5.41, 5.74) is 2.77. The van der Waals surface area contributed by atoms with Gasteiger partial charge in [0.25, 0.3) is 0 Å². The SMILES string of the molecule is CN(C)c1nccc(CNc2ncnc3scc(-c4ccc(F)cc4)c23)n1. The number of hydrogen-bond donors (Lipinski definition) is 1. The minimum absolute atomic E-state index is 0.256. The van der Waals surface area contributed by atoms with Crippen molar-refractivity contribution in [3.05, 3.63) is 59.7 Å². The van der Waals surface area contributed by atoms with Gasteiger partial charge in [-0.2, -0.15) is 0 Å². The van der Waals surface area contributed by atoms with Crippen LogP contribution in [0.1, 0.15) is 5.69 Å². The first-order valence-electron chi connectivity index (χ1n) is 8.33. The second kappa shape index (κ2) is 7.24. The Bertz CT molecular complexity index is 1080. The second-order valence-corrected chi connectivity index (χ2v) is 7.01. The zero-order valence-electron chi connectivity index (χ0n) is 14.8. The largest absolute Gasteiger partial charge is 0.364 e. The van der Waals surface area contributed by atoms with E-state index >= 15 is 0 Å². The van der Waals surface area contributed by atoms with Crippen molar-refractivity contribution in [2.45, 2.75) is 6.54 Å². The fourth-order valence-corrected chi connectivity index (χ4v) is 3.64. The number of anilines is 2. The Hall–Kier alpha value is -3.13. The summed E-state index contributed by atoms with van der Waals surface area (Å²) in [6.45, 7) is 0.508. The molecule has 0 fully saturated rings.